The van der Waals surface area contributed by atoms with Gasteiger partial charge in [-0.1, -0.05) is 17.7 Å². The Labute approximate surface area is 127 Å². The van der Waals surface area contributed by atoms with Gasteiger partial charge in [-0.05, 0) is 24.3 Å². The Hall–Kier alpha value is -1.79. The molecule has 0 aliphatic carbocycles. The van der Waals surface area contributed by atoms with Gasteiger partial charge in [0.2, 0.25) is 0 Å². The van der Waals surface area contributed by atoms with Crippen LogP contribution in [0, 0.1) is 5.82 Å². The van der Waals surface area contributed by atoms with Crippen molar-refractivity contribution in [3.05, 3.63) is 52.8 Å². The van der Waals surface area contributed by atoms with E-state index in [9.17, 15) is 12.8 Å². The first-order valence-electron chi connectivity index (χ1n) is 5.93. The van der Waals surface area contributed by atoms with Crippen LogP contribution in [0.2, 0.25) is 5.02 Å². The van der Waals surface area contributed by atoms with Crippen molar-refractivity contribution in [1.82, 2.24) is 0 Å². The van der Waals surface area contributed by atoms with E-state index >= 15 is 0 Å². The average Bonchev–Trinajstić information content (AvgIpc) is 2.43. The smallest absolute Gasteiger partial charge is 0.182 e. The summed E-state index contributed by atoms with van der Waals surface area (Å²) < 4.78 is 43.3. The molecule has 0 fully saturated rings. The van der Waals surface area contributed by atoms with Crippen molar-refractivity contribution < 1.29 is 17.5 Å². The highest BCUT2D eigenvalue weighted by Crippen LogP contribution is 2.26. The summed E-state index contributed by atoms with van der Waals surface area (Å²) in [7, 11) is -2.31. The number of hydrogen-bond donors (Lipinski definition) is 1. The fourth-order valence-electron chi connectivity index (χ4n) is 1.76. The summed E-state index contributed by atoms with van der Waals surface area (Å²) in [4.78, 5) is -0.00285. The Morgan fingerprint density at radius 2 is 1.95 bits per heavy atom. The SMILES string of the molecule is COc1ccc(CS(=O)(=O)c2ccc(N)c(Cl)c2)c(F)c1. The summed E-state index contributed by atoms with van der Waals surface area (Å²) in [6, 6.07) is 8.03. The van der Waals surface area contributed by atoms with E-state index in [0.29, 0.717) is 5.75 Å². The molecular formula is C14H13ClFNO3S. The first-order valence-corrected chi connectivity index (χ1v) is 7.96. The van der Waals surface area contributed by atoms with E-state index < -0.39 is 21.4 Å². The third kappa shape index (κ3) is 3.46. The van der Waals surface area contributed by atoms with E-state index in [2.05, 4.69) is 0 Å². The number of benzene rings is 2. The third-order valence-corrected chi connectivity index (χ3v) is 4.93. The van der Waals surface area contributed by atoms with Crippen LogP contribution in [-0.4, -0.2) is 15.5 Å². The lowest BCUT2D eigenvalue weighted by molar-refractivity contribution is 0.411. The molecular weight excluding hydrogens is 317 g/mol. The van der Waals surface area contributed by atoms with Gasteiger partial charge in [-0.3, -0.25) is 0 Å². The summed E-state index contributed by atoms with van der Waals surface area (Å²) in [6.07, 6.45) is 0. The molecule has 0 bridgehead atoms. The van der Waals surface area contributed by atoms with Crippen LogP contribution in [0.5, 0.6) is 5.75 Å². The van der Waals surface area contributed by atoms with Crippen LogP contribution < -0.4 is 10.5 Å². The van der Waals surface area contributed by atoms with Crippen molar-refractivity contribution in [3.63, 3.8) is 0 Å². The van der Waals surface area contributed by atoms with Crippen LogP contribution in [0.1, 0.15) is 5.56 Å². The molecule has 2 rings (SSSR count). The molecule has 7 heteroatoms. The van der Waals surface area contributed by atoms with Crippen molar-refractivity contribution in [2.75, 3.05) is 12.8 Å². The molecule has 0 radical (unpaired) electrons. The Morgan fingerprint density at radius 3 is 2.52 bits per heavy atom. The van der Waals surface area contributed by atoms with Crippen LogP contribution in [0.4, 0.5) is 10.1 Å². The van der Waals surface area contributed by atoms with Crippen LogP contribution in [-0.2, 0) is 15.6 Å². The zero-order chi connectivity index (χ0) is 15.6. The molecule has 0 heterocycles. The molecule has 0 amide bonds. The summed E-state index contributed by atoms with van der Waals surface area (Å²) >= 11 is 5.81. The van der Waals surface area contributed by atoms with Gasteiger partial charge >= 0.3 is 0 Å². The largest absolute Gasteiger partial charge is 0.497 e. The zero-order valence-electron chi connectivity index (χ0n) is 11.1. The number of nitrogens with two attached hydrogens (primary N) is 1. The fourth-order valence-corrected chi connectivity index (χ4v) is 3.39. The Bertz CT molecular complexity index is 778. The highest BCUT2D eigenvalue weighted by atomic mass is 35.5. The van der Waals surface area contributed by atoms with Gasteiger partial charge in [-0.25, -0.2) is 12.8 Å². The van der Waals surface area contributed by atoms with Gasteiger partial charge in [0.15, 0.2) is 9.84 Å². The molecule has 0 atom stereocenters. The van der Waals surface area contributed by atoms with Crippen LogP contribution in [0.3, 0.4) is 0 Å². The molecule has 0 saturated heterocycles. The summed E-state index contributed by atoms with van der Waals surface area (Å²) in [5.41, 5.74) is 5.88. The van der Waals surface area contributed by atoms with E-state index in [1.807, 2.05) is 0 Å². The van der Waals surface area contributed by atoms with Gasteiger partial charge in [0.25, 0.3) is 0 Å². The van der Waals surface area contributed by atoms with Crippen molar-refractivity contribution in [2.45, 2.75) is 10.6 Å². The van der Waals surface area contributed by atoms with Crippen LogP contribution in [0.15, 0.2) is 41.3 Å². The molecule has 0 unspecified atom stereocenters. The average molecular weight is 330 g/mol. The second kappa shape index (κ2) is 5.91. The molecule has 0 aliphatic heterocycles. The van der Waals surface area contributed by atoms with Crippen molar-refractivity contribution in [3.8, 4) is 5.75 Å². The number of anilines is 1. The monoisotopic (exact) mass is 329 g/mol. The molecule has 2 aromatic carbocycles. The number of halogens is 2. The van der Waals surface area contributed by atoms with Crippen molar-refractivity contribution in [1.29, 1.82) is 0 Å². The molecule has 112 valence electrons. The van der Waals surface area contributed by atoms with E-state index in [4.69, 9.17) is 22.1 Å². The topological polar surface area (TPSA) is 69.4 Å². The van der Waals surface area contributed by atoms with E-state index in [0.717, 1.165) is 6.07 Å². The summed E-state index contributed by atoms with van der Waals surface area (Å²) in [5.74, 6) is -0.785. The van der Waals surface area contributed by atoms with Gasteiger partial charge in [0.05, 0.1) is 28.5 Å². The number of hydrogen-bond acceptors (Lipinski definition) is 4. The maximum absolute atomic E-state index is 13.8. The highest BCUT2D eigenvalue weighted by molar-refractivity contribution is 7.90. The van der Waals surface area contributed by atoms with E-state index in [1.54, 1.807) is 0 Å². The molecule has 0 spiro atoms. The Kier molecular flexibility index (Phi) is 4.39. The van der Waals surface area contributed by atoms with E-state index in [1.165, 1.54) is 37.4 Å². The second-order valence-electron chi connectivity index (χ2n) is 4.40. The minimum atomic E-state index is -3.72. The molecule has 0 aliphatic rings. The molecule has 0 saturated carbocycles. The minimum absolute atomic E-state index is 0.00285. The third-order valence-electron chi connectivity index (χ3n) is 2.94. The number of ether oxygens (including phenoxy) is 1. The number of nitrogen functional groups attached to an aromatic ring is 1. The lowest BCUT2D eigenvalue weighted by Gasteiger charge is -2.08. The molecule has 2 N–H and O–H groups in total. The quantitative estimate of drug-likeness (QED) is 0.875. The van der Waals surface area contributed by atoms with Gasteiger partial charge < -0.3 is 10.5 Å². The maximum atomic E-state index is 13.8. The molecule has 4 nitrogen and oxygen atoms in total. The lowest BCUT2D eigenvalue weighted by atomic mass is 10.2. The van der Waals surface area contributed by atoms with Crippen LogP contribution >= 0.6 is 11.6 Å². The maximum Gasteiger partial charge on any atom is 0.182 e. The number of methoxy groups -OCH3 is 1. The lowest BCUT2D eigenvalue weighted by Crippen LogP contribution is -2.07. The first kappa shape index (κ1) is 15.6. The number of sulfone groups is 1. The van der Waals surface area contributed by atoms with Crippen molar-refractivity contribution >= 4 is 27.1 Å². The van der Waals surface area contributed by atoms with Gasteiger partial charge in [-0.15, -0.1) is 0 Å². The first-order chi connectivity index (χ1) is 9.83. The highest BCUT2D eigenvalue weighted by Gasteiger charge is 2.19. The summed E-state index contributed by atoms with van der Waals surface area (Å²) in [5, 5.41) is 0.145. The predicted molar refractivity (Wildman–Crippen MR) is 79.7 cm³/mol. The fraction of sp³-hybridized carbons (Fsp3) is 0.143. The molecule has 21 heavy (non-hydrogen) atoms. The molecule has 2 aromatic rings. The van der Waals surface area contributed by atoms with Gasteiger partial charge in [0, 0.05) is 11.6 Å². The molecule has 0 aromatic heterocycles. The predicted octanol–water partition coefficient (Wildman–Crippen LogP) is 3.04. The van der Waals surface area contributed by atoms with Gasteiger partial charge in [-0.2, -0.15) is 0 Å². The van der Waals surface area contributed by atoms with Gasteiger partial charge in [0.1, 0.15) is 11.6 Å². The summed E-state index contributed by atoms with van der Waals surface area (Å²) in [6.45, 7) is 0. The second-order valence-corrected chi connectivity index (χ2v) is 6.80. The number of rotatable bonds is 4. The Morgan fingerprint density at radius 1 is 1.24 bits per heavy atom. The minimum Gasteiger partial charge on any atom is -0.497 e. The zero-order valence-corrected chi connectivity index (χ0v) is 12.7. The standard InChI is InChI=1S/C14H13ClFNO3S/c1-20-10-3-2-9(13(16)6-10)8-21(18,19)11-4-5-14(17)12(15)7-11/h2-7H,8,17H2,1H3. The van der Waals surface area contributed by atoms with E-state index in [-0.39, 0.29) is 21.2 Å². The van der Waals surface area contributed by atoms with Crippen molar-refractivity contribution in [2.24, 2.45) is 0 Å². The Balaban J connectivity index is 2.35. The van der Waals surface area contributed by atoms with Crippen LogP contribution in [0.25, 0.3) is 0 Å². The normalized spacial score (nSPS) is 11.4.